The molecular formula is C11H13N3O2. The number of hydrogen-bond acceptors (Lipinski definition) is 3. The molecule has 84 valence electrons. The molecule has 0 saturated carbocycles. The Balaban J connectivity index is 2.36. The fourth-order valence-electron chi connectivity index (χ4n) is 2.16. The van der Waals surface area contributed by atoms with Crippen LogP contribution in [0.1, 0.15) is 6.04 Å². The molecular weight excluding hydrogens is 206 g/mol. The van der Waals surface area contributed by atoms with Gasteiger partial charge in [-0.3, -0.25) is 9.13 Å². The molecule has 0 radical (unpaired) electrons. The second kappa shape index (κ2) is 3.12. The van der Waals surface area contributed by atoms with Crippen LogP contribution in [0.15, 0.2) is 23.0 Å². The number of imidazole rings is 1. The van der Waals surface area contributed by atoms with Gasteiger partial charge in [0.2, 0.25) is 0 Å². The average Bonchev–Trinajstić information content (AvgIpc) is 2.41. The third-order valence-electron chi connectivity index (χ3n) is 3.20. The first-order valence-electron chi connectivity index (χ1n) is 5.29. The van der Waals surface area contributed by atoms with Crippen LogP contribution in [-0.4, -0.2) is 27.3 Å². The van der Waals surface area contributed by atoms with Gasteiger partial charge in [0.25, 0.3) is 0 Å². The van der Waals surface area contributed by atoms with E-state index < -0.39 is 0 Å². The number of nitrogens with one attached hydrogen (secondary N) is 1. The number of aryl methyl sites for hydroxylation is 1. The quantitative estimate of drug-likeness (QED) is 0.719. The zero-order valence-electron chi connectivity index (χ0n) is 8.97. The first-order chi connectivity index (χ1) is 7.68. The zero-order valence-corrected chi connectivity index (χ0v) is 8.97. The van der Waals surface area contributed by atoms with Crippen LogP contribution in [0.2, 0.25) is 0 Å². The summed E-state index contributed by atoms with van der Waals surface area (Å²) in [5.74, 6) is 0.194. The van der Waals surface area contributed by atoms with Crippen molar-refractivity contribution in [3.63, 3.8) is 0 Å². The molecule has 1 aliphatic heterocycles. The van der Waals surface area contributed by atoms with Gasteiger partial charge >= 0.3 is 5.69 Å². The van der Waals surface area contributed by atoms with E-state index in [4.69, 9.17) is 0 Å². The molecule has 16 heavy (non-hydrogen) atoms. The number of aromatic hydroxyl groups is 1. The molecule has 5 heteroatoms. The number of nitrogens with zero attached hydrogens (tertiary/aromatic N) is 2. The van der Waals surface area contributed by atoms with Gasteiger partial charge in [-0.1, -0.05) is 0 Å². The minimum atomic E-state index is -0.0212. The highest BCUT2D eigenvalue weighted by Gasteiger charge is 2.24. The van der Waals surface area contributed by atoms with Crippen molar-refractivity contribution in [2.45, 2.75) is 6.04 Å². The number of rotatable bonds is 1. The molecule has 0 unspecified atom stereocenters. The predicted molar refractivity (Wildman–Crippen MR) is 60.8 cm³/mol. The molecule has 1 fully saturated rings. The van der Waals surface area contributed by atoms with Gasteiger partial charge in [-0.25, -0.2) is 4.79 Å². The SMILES string of the molecule is Cn1c(=O)n(C2CNC2)c2cc(O)ccc21. The van der Waals surface area contributed by atoms with E-state index in [1.165, 1.54) is 0 Å². The number of benzene rings is 1. The predicted octanol–water partition coefficient (Wildman–Crippen LogP) is 0.190. The molecule has 2 aromatic rings. The molecule has 1 aliphatic rings. The third-order valence-corrected chi connectivity index (χ3v) is 3.20. The molecule has 0 bridgehead atoms. The number of hydrogen-bond donors (Lipinski definition) is 2. The van der Waals surface area contributed by atoms with Crippen LogP contribution in [0.5, 0.6) is 5.75 Å². The minimum Gasteiger partial charge on any atom is -0.508 e. The number of phenolic OH excluding ortho intramolecular Hbond substituents is 1. The molecule has 1 aromatic heterocycles. The summed E-state index contributed by atoms with van der Waals surface area (Å²) in [6.07, 6.45) is 0. The van der Waals surface area contributed by atoms with Crippen LogP contribution in [0.4, 0.5) is 0 Å². The summed E-state index contributed by atoms with van der Waals surface area (Å²) in [5, 5.41) is 12.6. The second-order valence-corrected chi connectivity index (χ2v) is 4.20. The van der Waals surface area contributed by atoms with Crippen LogP contribution in [-0.2, 0) is 7.05 Å². The lowest BCUT2D eigenvalue weighted by Gasteiger charge is -2.28. The van der Waals surface area contributed by atoms with Crippen LogP contribution in [0.25, 0.3) is 11.0 Å². The highest BCUT2D eigenvalue weighted by Crippen LogP contribution is 2.22. The van der Waals surface area contributed by atoms with E-state index in [0.717, 1.165) is 24.1 Å². The highest BCUT2D eigenvalue weighted by atomic mass is 16.3. The van der Waals surface area contributed by atoms with Gasteiger partial charge in [0, 0.05) is 26.2 Å². The van der Waals surface area contributed by atoms with Crippen molar-refractivity contribution < 1.29 is 5.11 Å². The lowest BCUT2D eigenvalue weighted by atomic mass is 10.1. The van der Waals surface area contributed by atoms with Crippen molar-refractivity contribution in [2.24, 2.45) is 7.05 Å². The normalized spacial score (nSPS) is 16.6. The Labute approximate surface area is 91.9 Å². The fourth-order valence-corrected chi connectivity index (χ4v) is 2.16. The summed E-state index contributed by atoms with van der Waals surface area (Å²) in [4.78, 5) is 12.1. The Bertz CT molecular complexity index is 607. The second-order valence-electron chi connectivity index (χ2n) is 4.20. The van der Waals surface area contributed by atoms with Crippen LogP contribution < -0.4 is 11.0 Å². The van der Waals surface area contributed by atoms with Crippen molar-refractivity contribution in [1.82, 2.24) is 14.5 Å². The van der Waals surface area contributed by atoms with Gasteiger partial charge in [0.15, 0.2) is 0 Å². The van der Waals surface area contributed by atoms with E-state index in [0.29, 0.717) is 0 Å². The number of phenols is 1. The molecule has 5 nitrogen and oxygen atoms in total. The third kappa shape index (κ3) is 1.12. The first-order valence-corrected chi connectivity index (χ1v) is 5.29. The summed E-state index contributed by atoms with van der Waals surface area (Å²) in [5.41, 5.74) is 1.64. The van der Waals surface area contributed by atoms with E-state index in [1.54, 1.807) is 34.4 Å². The van der Waals surface area contributed by atoms with E-state index in [-0.39, 0.29) is 17.5 Å². The van der Waals surface area contributed by atoms with Crippen LogP contribution in [0, 0.1) is 0 Å². The maximum absolute atomic E-state index is 12.1. The smallest absolute Gasteiger partial charge is 0.329 e. The van der Waals surface area contributed by atoms with Gasteiger partial charge in [-0.2, -0.15) is 0 Å². The number of fused-ring (bicyclic) bond motifs is 1. The van der Waals surface area contributed by atoms with Gasteiger partial charge in [0.1, 0.15) is 5.75 Å². The summed E-state index contributed by atoms with van der Waals surface area (Å²) < 4.78 is 3.37. The molecule has 0 amide bonds. The average molecular weight is 219 g/mol. The lowest BCUT2D eigenvalue weighted by molar-refractivity contribution is 0.341. The van der Waals surface area contributed by atoms with Crippen molar-refractivity contribution in [3.8, 4) is 5.75 Å². The monoisotopic (exact) mass is 219 g/mol. The Hall–Kier alpha value is -1.75. The van der Waals surface area contributed by atoms with Crippen LogP contribution in [0.3, 0.4) is 0 Å². The lowest BCUT2D eigenvalue weighted by Crippen LogP contribution is -2.46. The van der Waals surface area contributed by atoms with Crippen molar-refractivity contribution in [3.05, 3.63) is 28.7 Å². The molecule has 3 rings (SSSR count). The Morgan fingerprint density at radius 1 is 1.38 bits per heavy atom. The van der Waals surface area contributed by atoms with Gasteiger partial charge in [-0.05, 0) is 12.1 Å². The first kappa shape index (κ1) is 9.47. The Morgan fingerprint density at radius 2 is 2.12 bits per heavy atom. The molecule has 0 spiro atoms. The molecule has 2 heterocycles. The molecule has 1 saturated heterocycles. The highest BCUT2D eigenvalue weighted by molar-refractivity contribution is 5.78. The number of aromatic nitrogens is 2. The maximum Gasteiger partial charge on any atom is 0.329 e. The Morgan fingerprint density at radius 3 is 2.75 bits per heavy atom. The van der Waals surface area contributed by atoms with E-state index in [9.17, 15) is 9.90 Å². The largest absolute Gasteiger partial charge is 0.508 e. The van der Waals surface area contributed by atoms with Crippen molar-refractivity contribution in [1.29, 1.82) is 0 Å². The maximum atomic E-state index is 12.1. The van der Waals surface area contributed by atoms with E-state index >= 15 is 0 Å². The summed E-state index contributed by atoms with van der Waals surface area (Å²) in [7, 11) is 1.75. The van der Waals surface area contributed by atoms with Gasteiger partial charge in [0.05, 0.1) is 17.1 Å². The van der Waals surface area contributed by atoms with Gasteiger partial charge < -0.3 is 10.4 Å². The zero-order chi connectivity index (χ0) is 11.3. The standard InChI is InChI=1S/C11H13N3O2/c1-13-9-3-2-8(15)4-10(9)14(11(13)16)7-5-12-6-7/h2-4,7,12,15H,5-6H2,1H3. The summed E-state index contributed by atoms with van der Waals surface area (Å²) in [6.45, 7) is 1.63. The summed E-state index contributed by atoms with van der Waals surface area (Å²) >= 11 is 0. The van der Waals surface area contributed by atoms with E-state index in [1.807, 2.05) is 0 Å². The molecule has 1 aromatic carbocycles. The Kier molecular flexibility index (Phi) is 1.85. The van der Waals surface area contributed by atoms with E-state index in [2.05, 4.69) is 5.32 Å². The fraction of sp³-hybridized carbons (Fsp3) is 0.364. The molecule has 0 aliphatic carbocycles. The van der Waals surface area contributed by atoms with Crippen molar-refractivity contribution in [2.75, 3.05) is 13.1 Å². The topological polar surface area (TPSA) is 59.2 Å². The minimum absolute atomic E-state index is 0.0212. The summed E-state index contributed by atoms with van der Waals surface area (Å²) in [6, 6.07) is 5.23. The molecule has 0 atom stereocenters. The van der Waals surface area contributed by atoms with Crippen LogP contribution >= 0.6 is 0 Å². The van der Waals surface area contributed by atoms with Crippen molar-refractivity contribution >= 4 is 11.0 Å². The van der Waals surface area contributed by atoms with Gasteiger partial charge in [-0.15, -0.1) is 0 Å². The molecule has 2 N–H and O–H groups in total.